The van der Waals surface area contributed by atoms with Crippen LogP contribution < -0.4 is 0 Å². The maximum atomic E-state index is 11.7. The monoisotopic (exact) mass is 244 g/mol. The van der Waals surface area contributed by atoms with Crippen LogP contribution in [0.4, 0.5) is 0 Å². The Morgan fingerprint density at radius 1 is 1.39 bits per heavy atom. The summed E-state index contributed by atoms with van der Waals surface area (Å²) in [5.74, 6) is -0.490. The zero-order valence-corrected chi connectivity index (χ0v) is 10.4. The Labute approximate surface area is 106 Å². The molecule has 1 aliphatic heterocycles. The summed E-state index contributed by atoms with van der Waals surface area (Å²) in [6.45, 7) is 1.81. The molecule has 0 saturated carbocycles. The fourth-order valence-electron chi connectivity index (χ4n) is 2.17. The van der Waals surface area contributed by atoms with Gasteiger partial charge in [0.25, 0.3) is 0 Å². The number of hydrogen-bond acceptors (Lipinski definition) is 3. The zero-order chi connectivity index (χ0) is 13.0. The number of carbonyl (C=O) groups is 2. The van der Waals surface area contributed by atoms with Crippen LogP contribution in [0.3, 0.4) is 0 Å². The van der Waals surface area contributed by atoms with E-state index in [4.69, 9.17) is 4.74 Å². The number of ether oxygens (including phenoxy) is 1. The molecule has 3 heteroatoms. The van der Waals surface area contributed by atoms with E-state index in [1.54, 1.807) is 0 Å². The van der Waals surface area contributed by atoms with Crippen molar-refractivity contribution in [3.05, 3.63) is 42.0 Å². The SMILES string of the molecule is CC(=O)C1(C/C=C/c2ccccc2)CCOC1=O. The van der Waals surface area contributed by atoms with Crippen molar-refractivity contribution in [1.82, 2.24) is 0 Å². The van der Waals surface area contributed by atoms with Gasteiger partial charge < -0.3 is 4.74 Å². The Hall–Kier alpha value is -1.90. The molecule has 1 fully saturated rings. The van der Waals surface area contributed by atoms with Gasteiger partial charge in [-0.3, -0.25) is 9.59 Å². The summed E-state index contributed by atoms with van der Waals surface area (Å²) in [5.41, 5.74) is 0.105. The molecule has 0 aliphatic carbocycles. The molecule has 0 bridgehead atoms. The van der Waals surface area contributed by atoms with Crippen LogP contribution in [0.1, 0.15) is 25.3 Å². The molecule has 1 aromatic rings. The largest absolute Gasteiger partial charge is 0.465 e. The van der Waals surface area contributed by atoms with Gasteiger partial charge in [-0.2, -0.15) is 0 Å². The van der Waals surface area contributed by atoms with Crippen LogP contribution in [0.25, 0.3) is 6.08 Å². The summed E-state index contributed by atoms with van der Waals surface area (Å²) in [6, 6.07) is 9.80. The van der Waals surface area contributed by atoms with Crippen LogP contribution in [0.5, 0.6) is 0 Å². The topological polar surface area (TPSA) is 43.4 Å². The van der Waals surface area contributed by atoms with E-state index in [1.807, 2.05) is 42.5 Å². The van der Waals surface area contributed by atoms with E-state index < -0.39 is 5.41 Å². The number of hydrogen-bond donors (Lipinski definition) is 0. The first-order valence-electron chi connectivity index (χ1n) is 6.05. The van der Waals surface area contributed by atoms with Crippen LogP contribution in [-0.4, -0.2) is 18.4 Å². The number of benzene rings is 1. The Morgan fingerprint density at radius 3 is 2.67 bits per heavy atom. The second-order valence-electron chi connectivity index (χ2n) is 4.54. The molecule has 1 atom stereocenters. The third-order valence-corrected chi connectivity index (χ3v) is 3.40. The molecule has 0 N–H and O–H groups in total. The molecular formula is C15H16O3. The molecule has 1 heterocycles. The van der Waals surface area contributed by atoms with Gasteiger partial charge in [-0.25, -0.2) is 0 Å². The standard InChI is InChI=1S/C15H16O3/c1-12(16)15(10-11-18-14(15)17)9-5-8-13-6-3-2-4-7-13/h2-8H,9-11H2,1H3/b8-5+. The zero-order valence-electron chi connectivity index (χ0n) is 10.4. The third kappa shape index (κ3) is 2.35. The molecule has 1 saturated heterocycles. The summed E-state index contributed by atoms with van der Waals surface area (Å²) < 4.78 is 4.94. The minimum atomic E-state index is -0.953. The highest BCUT2D eigenvalue weighted by Gasteiger charge is 2.47. The lowest BCUT2D eigenvalue weighted by atomic mass is 9.79. The Bertz CT molecular complexity index is 476. The highest BCUT2D eigenvalue weighted by Crippen LogP contribution is 2.35. The van der Waals surface area contributed by atoms with Gasteiger partial charge in [-0.15, -0.1) is 0 Å². The third-order valence-electron chi connectivity index (χ3n) is 3.40. The van der Waals surface area contributed by atoms with E-state index >= 15 is 0 Å². The van der Waals surface area contributed by atoms with E-state index in [1.165, 1.54) is 6.92 Å². The van der Waals surface area contributed by atoms with Crippen LogP contribution in [-0.2, 0) is 14.3 Å². The van der Waals surface area contributed by atoms with Gasteiger partial charge in [0.05, 0.1) is 6.61 Å². The highest BCUT2D eigenvalue weighted by molar-refractivity contribution is 6.03. The molecule has 0 amide bonds. The number of esters is 1. The second kappa shape index (κ2) is 5.17. The Morgan fingerprint density at radius 2 is 2.11 bits per heavy atom. The smallest absolute Gasteiger partial charge is 0.320 e. The summed E-state index contributed by atoms with van der Waals surface area (Å²) in [5, 5.41) is 0. The van der Waals surface area contributed by atoms with Crippen molar-refractivity contribution in [3.63, 3.8) is 0 Å². The number of Topliss-reactive ketones (excluding diaryl/α,β-unsaturated/α-hetero) is 1. The summed E-state index contributed by atoms with van der Waals surface area (Å²) in [6.07, 6.45) is 4.70. The van der Waals surface area contributed by atoms with Crippen LogP contribution in [0.15, 0.2) is 36.4 Å². The van der Waals surface area contributed by atoms with E-state index in [2.05, 4.69) is 0 Å². The first kappa shape index (κ1) is 12.6. The number of rotatable bonds is 4. The van der Waals surface area contributed by atoms with Crippen molar-refractivity contribution in [1.29, 1.82) is 0 Å². The molecule has 1 aliphatic rings. The molecule has 2 rings (SSSR count). The Balaban J connectivity index is 2.10. The summed E-state index contributed by atoms with van der Waals surface area (Å²) in [4.78, 5) is 23.4. The van der Waals surface area contributed by atoms with E-state index in [-0.39, 0.29) is 11.8 Å². The minimum Gasteiger partial charge on any atom is -0.465 e. The number of ketones is 1. The maximum Gasteiger partial charge on any atom is 0.320 e. The lowest BCUT2D eigenvalue weighted by Gasteiger charge is -2.18. The van der Waals surface area contributed by atoms with Crippen LogP contribution in [0, 0.1) is 5.41 Å². The predicted molar refractivity (Wildman–Crippen MR) is 68.8 cm³/mol. The van der Waals surface area contributed by atoms with Crippen molar-refractivity contribution in [2.24, 2.45) is 5.41 Å². The fraction of sp³-hybridized carbons (Fsp3) is 0.333. The van der Waals surface area contributed by atoms with Gasteiger partial charge >= 0.3 is 5.97 Å². The highest BCUT2D eigenvalue weighted by atomic mass is 16.5. The van der Waals surface area contributed by atoms with Crippen molar-refractivity contribution < 1.29 is 14.3 Å². The predicted octanol–water partition coefficient (Wildman–Crippen LogP) is 2.61. The number of allylic oxidation sites excluding steroid dienone is 1. The van der Waals surface area contributed by atoms with Gasteiger partial charge in [-0.1, -0.05) is 42.5 Å². The fourth-order valence-corrected chi connectivity index (χ4v) is 2.17. The van der Waals surface area contributed by atoms with E-state index in [9.17, 15) is 9.59 Å². The molecule has 18 heavy (non-hydrogen) atoms. The number of carbonyl (C=O) groups excluding carboxylic acids is 2. The molecule has 0 radical (unpaired) electrons. The van der Waals surface area contributed by atoms with Gasteiger partial charge in [0.15, 0.2) is 0 Å². The number of cyclic esters (lactones) is 1. The molecular weight excluding hydrogens is 228 g/mol. The van der Waals surface area contributed by atoms with Gasteiger partial charge in [0, 0.05) is 6.42 Å². The first-order valence-corrected chi connectivity index (χ1v) is 6.05. The summed E-state index contributed by atoms with van der Waals surface area (Å²) >= 11 is 0. The summed E-state index contributed by atoms with van der Waals surface area (Å²) in [7, 11) is 0. The van der Waals surface area contributed by atoms with Crippen molar-refractivity contribution in [3.8, 4) is 0 Å². The Kier molecular flexibility index (Phi) is 3.60. The lowest BCUT2D eigenvalue weighted by molar-refractivity contribution is -0.150. The van der Waals surface area contributed by atoms with Gasteiger partial charge in [0.2, 0.25) is 0 Å². The molecule has 0 spiro atoms. The average molecular weight is 244 g/mol. The van der Waals surface area contributed by atoms with Crippen molar-refractivity contribution >= 4 is 17.8 Å². The normalized spacial score (nSPS) is 23.3. The second-order valence-corrected chi connectivity index (χ2v) is 4.54. The minimum absolute atomic E-state index is 0.109. The van der Waals surface area contributed by atoms with E-state index in [0.29, 0.717) is 19.4 Å². The van der Waals surface area contributed by atoms with Crippen LogP contribution >= 0.6 is 0 Å². The quantitative estimate of drug-likeness (QED) is 0.604. The van der Waals surface area contributed by atoms with Crippen LogP contribution in [0.2, 0.25) is 0 Å². The maximum absolute atomic E-state index is 11.7. The molecule has 1 aromatic carbocycles. The lowest BCUT2D eigenvalue weighted by Crippen LogP contribution is -2.33. The van der Waals surface area contributed by atoms with E-state index in [0.717, 1.165) is 5.56 Å². The van der Waals surface area contributed by atoms with Gasteiger partial charge in [-0.05, 0) is 18.9 Å². The molecule has 1 unspecified atom stereocenters. The van der Waals surface area contributed by atoms with Crippen molar-refractivity contribution in [2.75, 3.05) is 6.61 Å². The molecule has 94 valence electrons. The average Bonchev–Trinajstić information content (AvgIpc) is 2.73. The first-order chi connectivity index (χ1) is 8.65. The molecule has 3 nitrogen and oxygen atoms in total. The van der Waals surface area contributed by atoms with Gasteiger partial charge in [0.1, 0.15) is 11.2 Å². The van der Waals surface area contributed by atoms with Crippen molar-refractivity contribution in [2.45, 2.75) is 19.8 Å². The molecule has 0 aromatic heterocycles.